The van der Waals surface area contributed by atoms with Gasteiger partial charge < -0.3 is 5.73 Å². The van der Waals surface area contributed by atoms with Gasteiger partial charge in [0.05, 0.1) is 32.4 Å². The van der Waals surface area contributed by atoms with Gasteiger partial charge in [0, 0.05) is 17.3 Å². The molecule has 15 heavy (non-hydrogen) atoms. The van der Waals surface area contributed by atoms with E-state index in [1.807, 2.05) is 12.1 Å². The lowest BCUT2D eigenvalue weighted by Crippen LogP contribution is -1.94. The van der Waals surface area contributed by atoms with Gasteiger partial charge >= 0.3 is 0 Å². The van der Waals surface area contributed by atoms with E-state index >= 15 is 0 Å². The molecule has 74 valence electrons. The Morgan fingerprint density at radius 3 is 3.00 bits per heavy atom. The maximum Gasteiger partial charge on any atom is 0.0992 e. The summed E-state index contributed by atoms with van der Waals surface area (Å²) in [6.07, 6.45) is 1.64. The van der Waals surface area contributed by atoms with Crippen LogP contribution in [0.15, 0.2) is 34.3 Å². The van der Waals surface area contributed by atoms with Gasteiger partial charge in [0.1, 0.15) is 0 Å². The number of pyridine rings is 1. The lowest BCUT2D eigenvalue weighted by molar-refractivity contribution is 0.691. The maximum absolute atomic E-state index is 11.7. The molecule has 2 N–H and O–H groups in total. The molecule has 1 aliphatic heterocycles. The van der Waals surface area contributed by atoms with E-state index in [1.165, 1.54) is 5.55 Å². The molecule has 1 aromatic carbocycles. The van der Waals surface area contributed by atoms with E-state index in [0.717, 1.165) is 16.6 Å². The van der Waals surface area contributed by atoms with Gasteiger partial charge in [-0.2, -0.15) is 0 Å². The summed E-state index contributed by atoms with van der Waals surface area (Å²) in [6, 6.07) is 5.36. The molecule has 0 radical (unpaired) electrons. The highest BCUT2D eigenvalue weighted by atomic mass is 32.2. The van der Waals surface area contributed by atoms with Crippen molar-refractivity contribution in [1.82, 2.24) is 4.98 Å². The van der Waals surface area contributed by atoms with Gasteiger partial charge in [0.2, 0.25) is 0 Å². The Hall–Kier alpha value is -1.75. The summed E-state index contributed by atoms with van der Waals surface area (Å²) >= 11 is 0. The minimum absolute atomic E-state index is 0.593. The summed E-state index contributed by atoms with van der Waals surface area (Å²) in [5.74, 6) is 0. The Balaban J connectivity index is 2.54. The van der Waals surface area contributed by atoms with Crippen LogP contribution in [0.25, 0.3) is 10.9 Å². The molecule has 0 amide bonds. The highest BCUT2D eigenvalue weighted by Gasteiger charge is 2.19. The first-order valence-electron chi connectivity index (χ1n) is 4.39. The Bertz CT molecular complexity index is 621. The molecule has 1 atom stereocenters. The number of nitrogens with zero attached hydrogens (tertiary/aromatic N) is 2. The van der Waals surface area contributed by atoms with Crippen molar-refractivity contribution >= 4 is 38.6 Å². The second-order valence-electron chi connectivity index (χ2n) is 3.24. The van der Waals surface area contributed by atoms with E-state index in [4.69, 9.17) is 5.73 Å². The lowest BCUT2D eigenvalue weighted by atomic mass is 10.1. The smallest absolute Gasteiger partial charge is 0.0992 e. The average Bonchev–Trinajstić information content (AvgIpc) is 2.61. The Morgan fingerprint density at radius 1 is 1.27 bits per heavy atom. The first kappa shape index (κ1) is 8.55. The molecule has 0 fully saturated rings. The molecule has 4 nitrogen and oxygen atoms in total. The normalized spacial score (nSPS) is 18.3. The summed E-state index contributed by atoms with van der Waals surface area (Å²) in [4.78, 5) is 8.93. The Labute approximate surface area is 88.3 Å². The molecule has 1 aliphatic rings. The molecular weight excluding hydrogens is 210 g/mol. The van der Waals surface area contributed by atoms with Gasteiger partial charge in [-0.15, -0.1) is 0 Å². The largest absolute Gasteiger partial charge is 0.398 e. The zero-order valence-corrected chi connectivity index (χ0v) is 8.49. The monoisotopic (exact) mass is 217 g/mol. The second-order valence-corrected chi connectivity index (χ2v) is 4.45. The van der Waals surface area contributed by atoms with E-state index in [2.05, 4.69) is 9.98 Å². The number of anilines is 1. The summed E-state index contributed by atoms with van der Waals surface area (Å²) in [6.45, 7) is 0. The van der Waals surface area contributed by atoms with Crippen LogP contribution >= 0.6 is 0 Å². The van der Waals surface area contributed by atoms with Crippen molar-refractivity contribution in [2.45, 2.75) is 4.90 Å². The van der Waals surface area contributed by atoms with Crippen LogP contribution in [-0.4, -0.2) is 14.7 Å². The van der Waals surface area contributed by atoms with E-state index in [0.29, 0.717) is 10.6 Å². The molecule has 1 unspecified atom stereocenters. The van der Waals surface area contributed by atoms with Gasteiger partial charge in [0.25, 0.3) is 0 Å². The highest BCUT2D eigenvalue weighted by molar-refractivity contribution is 7.99. The van der Waals surface area contributed by atoms with E-state index < -0.39 is 10.8 Å². The molecule has 0 aliphatic carbocycles. The quantitative estimate of drug-likeness (QED) is 0.728. The third kappa shape index (κ3) is 1.10. The van der Waals surface area contributed by atoms with Gasteiger partial charge in [-0.1, -0.05) is 0 Å². The Morgan fingerprint density at radius 2 is 2.13 bits per heavy atom. The minimum atomic E-state index is -1.19. The fourth-order valence-corrected chi connectivity index (χ4v) is 2.76. The molecule has 5 heteroatoms. The van der Waals surface area contributed by atoms with E-state index in [9.17, 15) is 4.21 Å². The predicted octanol–water partition coefficient (Wildman–Crippen LogP) is 1.60. The number of nitrogen functional groups attached to an aromatic ring is 1. The van der Waals surface area contributed by atoms with E-state index in [1.54, 1.807) is 12.3 Å². The molecule has 1 aromatic heterocycles. The molecule has 2 heterocycles. The van der Waals surface area contributed by atoms with Crippen molar-refractivity contribution < 1.29 is 4.21 Å². The minimum Gasteiger partial charge on any atom is -0.398 e. The standard InChI is InChI=1S/C10H7N3OS/c11-6-3-4-12-7-1-2-8-10(9(6)7)15(14)5-13-8/h1-5H,(H2,11,12). The first-order valence-corrected chi connectivity index (χ1v) is 5.60. The molecule has 0 saturated carbocycles. The molecule has 0 saturated heterocycles. The lowest BCUT2D eigenvalue weighted by Gasteiger charge is -2.04. The molecule has 0 spiro atoms. The molecular formula is C10H7N3OS. The van der Waals surface area contributed by atoms with Crippen LogP contribution in [0.4, 0.5) is 11.4 Å². The summed E-state index contributed by atoms with van der Waals surface area (Å²) in [5.41, 5.74) is 9.36. The van der Waals surface area contributed by atoms with Crippen LogP contribution in [0.5, 0.6) is 0 Å². The number of nitrogens with two attached hydrogens (primary N) is 1. The number of aliphatic imine (C=N–C) groups is 1. The maximum atomic E-state index is 11.7. The molecule has 0 bridgehead atoms. The number of benzene rings is 1. The van der Waals surface area contributed by atoms with Crippen molar-refractivity contribution in [3.05, 3.63) is 24.4 Å². The average molecular weight is 217 g/mol. The van der Waals surface area contributed by atoms with Gasteiger partial charge in [-0.25, -0.2) is 9.20 Å². The van der Waals surface area contributed by atoms with Gasteiger partial charge in [0.15, 0.2) is 0 Å². The molecule has 3 rings (SSSR count). The van der Waals surface area contributed by atoms with Crippen LogP contribution < -0.4 is 5.73 Å². The second kappa shape index (κ2) is 2.87. The number of hydrogen-bond acceptors (Lipinski definition) is 4. The third-order valence-electron chi connectivity index (χ3n) is 2.36. The fourth-order valence-electron chi connectivity index (χ4n) is 1.69. The fraction of sp³-hybridized carbons (Fsp3) is 0. The number of aromatic nitrogens is 1. The van der Waals surface area contributed by atoms with Crippen LogP contribution in [-0.2, 0) is 10.8 Å². The SMILES string of the molecule is Nc1ccnc2ccc3c(c12)S(=O)C=N3. The van der Waals surface area contributed by atoms with Crippen LogP contribution in [0, 0.1) is 0 Å². The van der Waals surface area contributed by atoms with Crippen molar-refractivity contribution in [3.8, 4) is 0 Å². The zero-order chi connectivity index (χ0) is 10.4. The first-order chi connectivity index (χ1) is 7.27. The summed E-state index contributed by atoms with van der Waals surface area (Å²) in [5, 5.41) is 0.755. The van der Waals surface area contributed by atoms with Crippen LogP contribution in [0.1, 0.15) is 0 Å². The van der Waals surface area contributed by atoms with Crippen LogP contribution in [0.2, 0.25) is 0 Å². The predicted molar refractivity (Wildman–Crippen MR) is 60.7 cm³/mol. The molecule has 2 aromatic rings. The van der Waals surface area contributed by atoms with Crippen molar-refractivity contribution in [3.63, 3.8) is 0 Å². The zero-order valence-electron chi connectivity index (χ0n) is 7.68. The van der Waals surface area contributed by atoms with Crippen molar-refractivity contribution in [2.75, 3.05) is 5.73 Å². The summed E-state index contributed by atoms with van der Waals surface area (Å²) < 4.78 is 11.7. The van der Waals surface area contributed by atoms with Crippen molar-refractivity contribution in [2.24, 2.45) is 4.99 Å². The van der Waals surface area contributed by atoms with Gasteiger partial charge in [-0.05, 0) is 18.2 Å². The highest BCUT2D eigenvalue weighted by Crippen LogP contribution is 2.36. The number of fused-ring (bicyclic) bond motifs is 3. The van der Waals surface area contributed by atoms with Gasteiger partial charge in [-0.3, -0.25) is 4.98 Å². The topological polar surface area (TPSA) is 68.3 Å². The van der Waals surface area contributed by atoms with Crippen LogP contribution in [0.3, 0.4) is 0 Å². The third-order valence-corrected chi connectivity index (χ3v) is 3.47. The van der Waals surface area contributed by atoms with E-state index in [-0.39, 0.29) is 0 Å². The number of hydrogen-bond donors (Lipinski definition) is 1. The summed E-state index contributed by atoms with van der Waals surface area (Å²) in [7, 11) is -1.19. The Kier molecular flexibility index (Phi) is 1.63. The number of rotatable bonds is 0. The van der Waals surface area contributed by atoms with Crippen molar-refractivity contribution in [1.29, 1.82) is 0 Å².